The number of thioether (sulfide) groups is 1. The molecule has 31 heavy (non-hydrogen) atoms. The minimum Gasteiger partial charge on any atom is -0.497 e. The lowest BCUT2D eigenvalue weighted by molar-refractivity contribution is -0.119. The Hall–Kier alpha value is -2.51. The zero-order chi connectivity index (χ0) is 22.1. The highest BCUT2D eigenvalue weighted by molar-refractivity contribution is 8.00. The predicted octanol–water partition coefficient (Wildman–Crippen LogP) is 4.09. The Morgan fingerprint density at radius 1 is 1.03 bits per heavy atom. The second-order valence-corrected chi connectivity index (χ2v) is 8.73. The van der Waals surface area contributed by atoms with E-state index in [1.54, 1.807) is 7.11 Å². The van der Waals surface area contributed by atoms with Crippen molar-refractivity contribution in [1.82, 2.24) is 10.2 Å². The number of nitrogens with zero attached hydrogens (tertiary/aromatic N) is 1. The molecular formula is C24H31N3O3S. The van der Waals surface area contributed by atoms with E-state index in [0.717, 1.165) is 29.4 Å². The molecule has 1 aliphatic heterocycles. The molecule has 0 radical (unpaired) electrons. The number of amides is 2. The number of anilines is 1. The number of methoxy groups -OCH3 is 1. The molecule has 7 heteroatoms. The van der Waals surface area contributed by atoms with Gasteiger partial charge in [0.25, 0.3) is 0 Å². The van der Waals surface area contributed by atoms with Gasteiger partial charge < -0.3 is 15.4 Å². The van der Waals surface area contributed by atoms with E-state index in [0.29, 0.717) is 12.3 Å². The average molecular weight is 442 g/mol. The largest absolute Gasteiger partial charge is 0.497 e. The second-order valence-electron chi connectivity index (χ2n) is 7.68. The third kappa shape index (κ3) is 7.29. The van der Waals surface area contributed by atoms with Gasteiger partial charge in [-0.25, -0.2) is 0 Å². The predicted molar refractivity (Wildman–Crippen MR) is 126 cm³/mol. The fourth-order valence-corrected chi connectivity index (χ4v) is 4.49. The van der Waals surface area contributed by atoms with E-state index in [9.17, 15) is 9.59 Å². The van der Waals surface area contributed by atoms with E-state index < -0.39 is 0 Å². The lowest BCUT2D eigenvalue weighted by atomic mass is 10.0. The first-order valence-electron chi connectivity index (χ1n) is 10.7. The van der Waals surface area contributed by atoms with Crippen LogP contribution in [0.4, 0.5) is 5.69 Å². The van der Waals surface area contributed by atoms with Gasteiger partial charge in [0.15, 0.2) is 0 Å². The fraction of sp³-hybridized carbons (Fsp3) is 0.417. The molecule has 0 saturated carbocycles. The van der Waals surface area contributed by atoms with Gasteiger partial charge in [-0.15, -0.1) is 11.8 Å². The molecule has 1 fully saturated rings. The number of piperidine rings is 1. The summed E-state index contributed by atoms with van der Waals surface area (Å²) in [5, 5.41) is 5.87. The number of likely N-dealkylation sites (tertiary alicyclic amines) is 1. The van der Waals surface area contributed by atoms with Crippen LogP contribution in [-0.2, 0) is 9.59 Å². The number of rotatable bonds is 9. The summed E-state index contributed by atoms with van der Waals surface area (Å²) < 4.78 is 5.29. The highest BCUT2D eigenvalue weighted by Crippen LogP contribution is 2.26. The van der Waals surface area contributed by atoms with Crippen molar-refractivity contribution >= 4 is 29.3 Å². The Morgan fingerprint density at radius 2 is 1.71 bits per heavy atom. The normalized spacial score (nSPS) is 15.2. The van der Waals surface area contributed by atoms with Crippen LogP contribution in [0.2, 0.25) is 0 Å². The highest BCUT2D eigenvalue weighted by Gasteiger charge is 2.23. The van der Waals surface area contributed by atoms with Gasteiger partial charge in [-0.1, -0.05) is 18.6 Å². The molecule has 3 rings (SSSR count). The number of nitrogens with one attached hydrogen (secondary N) is 2. The van der Waals surface area contributed by atoms with Crippen molar-refractivity contribution in [3.63, 3.8) is 0 Å². The van der Waals surface area contributed by atoms with Crippen molar-refractivity contribution in [2.24, 2.45) is 0 Å². The van der Waals surface area contributed by atoms with Crippen LogP contribution in [0.1, 0.15) is 37.8 Å². The molecular weight excluding hydrogens is 410 g/mol. The molecule has 1 heterocycles. The Labute approximate surface area is 188 Å². The number of hydrogen-bond donors (Lipinski definition) is 2. The molecule has 1 saturated heterocycles. The van der Waals surface area contributed by atoms with Crippen LogP contribution in [0.3, 0.4) is 0 Å². The number of carbonyl (C=O) groups excluding carboxylic acids is 2. The van der Waals surface area contributed by atoms with Crippen LogP contribution < -0.4 is 15.4 Å². The highest BCUT2D eigenvalue weighted by atomic mass is 32.2. The molecule has 2 amide bonds. The minimum atomic E-state index is -0.0973. The first-order valence-corrected chi connectivity index (χ1v) is 11.7. The molecule has 6 nitrogen and oxygen atoms in total. The van der Waals surface area contributed by atoms with Gasteiger partial charge in [-0.05, 0) is 67.9 Å². The summed E-state index contributed by atoms with van der Waals surface area (Å²) in [7, 11) is 1.67. The van der Waals surface area contributed by atoms with Crippen LogP contribution in [0.25, 0.3) is 0 Å². The third-order valence-electron chi connectivity index (χ3n) is 5.37. The molecule has 2 aromatic carbocycles. The summed E-state index contributed by atoms with van der Waals surface area (Å²) >= 11 is 1.49. The number of ether oxygens (including phenoxy) is 1. The Kier molecular flexibility index (Phi) is 8.79. The molecule has 0 aliphatic carbocycles. The first-order chi connectivity index (χ1) is 15.0. The van der Waals surface area contributed by atoms with Gasteiger partial charge in [0.05, 0.1) is 18.9 Å². The Morgan fingerprint density at radius 3 is 2.32 bits per heavy atom. The fourth-order valence-electron chi connectivity index (χ4n) is 3.76. The zero-order valence-corrected chi connectivity index (χ0v) is 19.0. The summed E-state index contributed by atoms with van der Waals surface area (Å²) in [6.45, 7) is 4.19. The summed E-state index contributed by atoms with van der Waals surface area (Å²) in [5.74, 6) is 1.12. The maximum absolute atomic E-state index is 12.5. The molecule has 1 atom stereocenters. The SMILES string of the molecule is COc1ccc([C@@H](CNC(=O)CSc2ccc(NC(C)=O)cc2)N2CCCCC2)cc1. The summed E-state index contributed by atoms with van der Waals surface area (Å²) in [5.41, 5.74) is 1.95. The van der Waals surface area contributed by atoms with E-state index >= 15 is 0 Å². The van der Waals surface area contributed by atoms with E-state index in [1.165, 1.54) is 43.5 Å². The first kappa shape index (κ1) is 23.2. The van der Waals surface area contributed by atoms with Crippen molar-refractivity contribution in [2.45, 2.75) is 37.1 Å². The Bertz CT molecular complexity index is 849. The monoisotopic (exact) mass is 441 g/mol. The topological polar surface area (TPSA) is 70.7 Å². The maximum atomic E-state index is 12.5. The maximum Gasteiger partial charge on any atom is 0.230 e. The second kappa shape index (κ2) is 11.8. The lowest BCUT2D eigenvalue weighted by Gasteiger charge is -2.35. The molecule has 0 spiro atoms. The van der Waals surface area contributed by atoms with E-state index in [-0.39, 0.29) is 17.9 Å². The summed E-state index contributed by atoms with van der Waals surface area (Å²) in [4.78, 5) is 27.1. The zero-order valence-electron chi connectivity index (χ0n) is 18.2. The molecule has 2 N–H and O–H groups in total. The lowest BCUT2D eigenvalue weighted by Crippen LogP contribution is -2.41. The summed E-state index contributed by atoms with van der Waals surface area (Å²) in [6.07, 6.45) is 3.67. The van der Waals surface area contributed by atoms with Crippen LogP contribution >= 0.6 is 11.8 Å². The minimum absolute atomic E-state index is 0.0199. The molecule has 1 aliphatic rings. The van der Waals surface area contributed by atoms with Crippen molar-refractivity contribution < 1.29 is 14.3 Å². The average Bonchev–Trinajstić information content (AvgIpc) is 2.79. The van der Waals surface area contributed by atoms with Gasteiger partial charge in [0.1, 0.15) is 5.75 Å². The Balaban J connectivity index is 1.54. The molecule has 2 aromatic rings. The molecule has 0 aromatic heterocycles. The van der Waals surface area contributed by atoms with Gasteiger partial charge in [-0.2, -0.15) is 0 Å². The smallest absolute Gasteiger partial charge is 0.230 e. The van der Waals surface area contributed by atoms with E-state index in [4.69, 9.17) is 4.74 Å². The van der Waals surface area contributed by atoms with Crippen molar-refractivity contribution in [3.8, 4) is 5.75 Å². The van der Waals surface area contributed by atoms with Crippen molar-refractivity contribution in [3.05, 3.63) is 54.1 Å². The van der Waals surface area contributed by atoms with Crippen LogP contribution in [0, 0.1) is 0 Å². The van der Waals surface area contributed by atoms with Gasteiger partial charge in [0, 0.05) is 24.1 Å². The quantitative estimate of drug-likeness (QED) is 0.574. The van der Waals surface area contributed by atoms with Gasteiger partial charge >= 0.3 is 0 Å². The van der Waals surface area contributed by atoms with E-state index in [1.807, 2.05) is 36.4 Å². The molecule has 0 bridgehead atoms. The van der Waals surface area contributed by atoms with Gasteiger partial charge in [0.2, 0.25) is 11.8 Å². The molecule has 166 valence electrons. The van der Waals surface area contributed by atoms with Crippen molar-refractivity contribution in [1.29, 1.82) is 0 Å². The molecule has 0 unspecified atom stereocenters. The van der Waals surface area contributed by atoms with Crippen molar-refractivity contribution in [2.75, 3.05) is 37.8 Å². The number of hydrogen-bond acceptors (Lipinski definition) is 5. The van der Waals surface area contributed by atoms with Crippen LogP contribution in [0.5, 0.6) is 5.75 Å². The number of carbonyl (C=O) groups is 2. The van der Waals surface area contributed by atoms with E-state index in [2.05, 4.69) is 27.7 Å². The third-order valence-corrected chi connectivity index (χ3v) is 6.38. The van der Waals surface area contributed by atoms with Gasteiger partial charge in [-0.3, -0.25) is 14.5 Å². The van der Waals surface area contributed by atoms with Crippen LogP contribution in [0.15, 0.2) is 53.4 Å². The number of benzene rings is 2. The van der Waals surface area contributed by atoms with Crippen LogP contribution in [-0.4, -0.2) is 49.2 Å². The standard InChI is InChI=1S/C24H31N3O3S/c1-18(28)26-20-8-12-22(13-9-20)31-17-24(29)25-16-23(27-14-4-3-5-15-27)19-6-10-21(30-2)11-7-19/h6-13,23H,3-5,14-17H2,1-2H3,(H,25,29)(H,26,28)/t23-/m1/s1. The summed E-state index contributed by atoms with van der Waals surface area (Å²) in [6, 6.07) is 15.8.